The van der Waals surface area contributed by atoms with Crippen molar-refractivity contribution in [2.45, 2.75) is 32.8 Å². The number of anilines is 1. The molecule has 2 rings (SSSR count). The van der Waals surface area contributed by atoms with Gasteiger partial charge in [-0.25, -0.2) is 4.79 Å². The predicted octanol–water partition coefficient (Wildman–Crippen LogP) is 2.24. The molecule has 1 saturated heterocycles. The van der Waals surface area contributed by atoms with Crippen LogP contribution in [0.5, 0.6) is 0 Å². The van der Waals surface area contributed by atoms with Crippen LogP contribution in [0.4, 0.5) is 10.5 Å². The lowest BCUT2D eigenvalue weighted by Crippen LogP contribution is -2.51. The third-order valence-electron chi connectivity index (χ3n) is 3.91. The first kappa shape index (κ1) is 19.7. The number of hydrogen-bond donors (Lipinski definition) is 1. The summed E-state index contributed by atoms with van der Waals surface area (Å²) in [5.74, 6) is -0.0937. The SMILES string of the molecule is CC(C)(C)OC(=O)N1CCN(CC(=O)Nc2ccc(CC#N)cc2)CC1. The van der Waals surface area contributed by atoms with E-state index in [9.17, 15) is 9.59 Å². The van der Waals surface area contributed by atoms with Crippen molar-refractivity contribution in [3.63, 3.8) is 0 Å². The maximum absolute atomic E-state index is 12.2. The minimum absolute atomic E-state index is 0.0937. The van der Waals surface area contributed by atoms with Crippen molar-refractivity contribution in [3.05, 3.63) is 29.8 Å². The smallest absolute Gasteiger partial charge is 0.410 e. The molecule has 7 nitrogen and oxygen atoms in total. The average Bonchev–Trinajstić information content (AvgIpc) is 2.56. The van der Waals surface area contributed by atoms with Gasteiger partial charge in [0.2, 0.25) is 5.91 Å². The molecule has 0 aliphatic carbocycles. The van der Waals surface area contributed by atoms with E-state index in [1.807, 2.05) is 37.8 Å². The third-order valence-corrected chi connectivity index (χ3v) is 3.91. The molecule has 1 N–H and O–H groups in total. The van der Waals surface area contributed by atoms with Crippen molar-refractivity contribution in [2.75, 3.05) is 38.0 Å². The zero-order valence-electron chi connectivity index (χ0n) is 15.6. The fraction of sp³-hybridized carbons (Fsp3) is 0.526. The van der Waals surface area contributed by atoms with Crippen LogP contribution in [0.15, 0.2) is 24.3 Å². The zero-order valence-corrected chi connectivity index (χ0v) is 15.6. The maximum atomic E-state index is 12.2. The highest BCUT2D eigenvalue weighted by Crippen LogP contribution is 2.13. The summed E-state index contributed by atoms with van der Waals surface area (Å²) in [5, 5.41) is 11.5. The molecule has 0 unspecified atom stereocenters. The molecule has 0 bridgehead atoms. The highest BCUT2D eigenvalue weighted by molar-refractivity contribution is 5.92. The highest BCUT2D eigenvalue weighted by atomic mass is 16.6. The maximum Gasteiger partial charge on any atom is 0.410 e. The molecular weight excluding hydrogens is 332 g/mol. The summed E-state index contributed by atoms with van der Waals surface area (Å²) in [6.45, 7) is 8.18. The molecule has 1 aliphatic rings. The molecule has 0 atom stereocenters. The monoisotopic (exact) mass is 358 g/mol. The van der Waals surface area contributed by atoms with Crippen LogP contribution in [-0.4, -0.2) is 60.1 Å². The van der Waals surface area contributed by atoms with Gasteiger partial charge in [-0.15, -0.1) is 0 Å². The number of ether oxygens (including phenoxy) is 1. The Morgan fingerprint density at radius 2 is 1.77 bits per heavy atom. The van der Waals surface area contributed by atoms with Crippen molar-refractivity contribution in [3.8, 4) is 6.07 Å². The molecule has 0 spiro atoms. The van der Waals surface area contributed by atoms with Crippen LogP contribution in [0.25, 0.3) is 0 Å². The lowest BCUT2D eigenvalue weighted by atomic mass is 10.1. The van der Waals surface area contributed by atoms with E-state index < -0.39 is 5.60 Å². The van der Waals surface area contributed by atoms with Gasteiger partial charge in [0.15, 0.2) is 0 Å². The van der Waals surface area contributed by atoms with E-state index in [4.69, 9.17) is 10.00 Å². The number of carbonyl (C=O) groups excluding carboxylic acids is 2. The fourth-order valence-corrected chi connectivity index (χ4v) is 2.62. The fourth-order valence-electron chi connectivity index (χ4n) is 2.62. The first-order chi connectivity index (χ1) is 12.3. The van der Waals surface area contributed by atoms with Crippen LogP contribution in [0.1, 0.15) is 26.3 Å². The summed E-state index contributed by atoms with van der Waals surface area (Å²) in [6.07, 6.45) is 0.0509. The molecular formula is C19H26N4O3. The van der Waals surface area contributed by atoms with Gasteiger partial charge in [-0.2, -0.15) is 5.26 Å². The summed E-state index contributed by atoms with van der Waals surface area (Å²) < 4.78 is 5.37. The molecule has 2 amide bonds. The van der Waals surface area contributed by atoms with Gasteiger partial charge in [0.1, 0.15) is 5.60 Å². The molecule has 1 aromatic carbocycles. The average molecular weight is 358 g/mol. The zero-order chi connectivity index (χ0) is 19.2. The number of amides is 2. The van der Waals surface area contributed by atoms with E-state index in [1.165, 1.54) is 0 Å². The molecule has 0 saturated carbocycles. The summed E-state index contributed by atoms with van der Waals surface area (Å²) in [4.78, 5) is 27.9. The molecule has 0 radical (unpaired) electrons. The van der Waals surface area contributed by atoms with Gasteiger partial charge in [0, 0.05) is 31.9 Å². The number of nitrogens with zero attached hydrogens (tertiary/aromatic N) is 3. The van der Waals surface area contributed by atoms with Crippen LogP contribution in [-0.2, 0) is 16.0 Å². The highest BCUT2D eigenvalue weighted by Gasteiger charge is 2.26. The van der Waals surface area contributed by atoms with E-state index in [0.29, 0.717) is 38.3 Å². The first-order valence-electron chi connectivity index (χ1n) is 8.73. The second-order valence-corrected chi connectivity index (χ2v) is 7.32. The standard InChI is InChI=1S/C19H26N4O3/c1-19(2,3)26-18(25)23-12-10-22(11-13-23)14-17(24)21-16-6-4-15(5-7-16)8-9-20/h4-7H,8,10-14H2,1-3H3,(H,21,24). The van der Waals surface area contributed by atoms with Gasteiger partial charge in [0.05, 0.1) is 19.0 Å². The molecule has 1 fully saturated rings. The van der Waals surface area contributed by atoms with Gasteiger partial charge in [0.25, 0.3) is 0 Å². The van der Waals surface area contributed by atoms with Crippen molar-refractivity contribution in [1.82, 2.24) is 9.80 Å². The molecule has 0 aromatic heterocycles. The normalized spacial score (nSPS) is 15.2. The van der Waals surface area contributed by atoms with Crippen molar-refractivity contribution in [1.29, 1.82) is 5.26 Å². The number of piperazine rings is 1. The second kappa shape index (κ2) is 8.68. The van der Waals surface area contributed by atoms with Crippen LogP contribution >= 0.6 is 0 Å². The van der Waals surface area contributed by atoms with Gasteiger partial charge in [-0.05, 0) is 38.5 Å². The van der Waals surface area contributed by atoms with Crippen molar-refractivity contribution >= 4 is 17.7 Å². The first-order valence-corrected chi connectivity index (χ1v) is 8.73. The van der Waals surface area contributed by atoms with Gasteiger partial charge < -0.3 is 15.0 Å². The summed E-state index contributed by atoms with van der Waals surface area (Å²) in [7, 11) is 0. The quantitative estimate of drug-likeness (QED) is 0.892. The summed E-state index contributed by atoms with van der Waals surface area (Å²) in [6, 6.07) is 9.35. The minimum atomic E-state index is -0.503. The van der Waals surface area contributed by atoms with Crippen molar-refractivity contribution in [2.24, 2.45) is 0 Å². The van der Waals surface area contributed by atoms with Crippen LogP contribution in [0.3, 0.4) is 0 Å². The van der Waals surface area contributed by atoms with E-state index in [-0.39, 0.29) is 18.5 Å². The number of rotatable bonds is 4. The third kappa shape index (κ3) is 6.37. The largest absolute Gasteiger partial charge is 0.444 e. The van der Waals surface area contributed by atoms with E-state index in [0.717, 1.165) is 5.56 Å². The van der Waals surface area contributed by atoms with Gasteiger partial charge >= 0.3 is 6.09 Å². The Bertz CT molecular complexity index is 666. The molecule has 1 aromatic rings. The Labute approximate surface area is 154 Å². The predicted molar refractivity (Wildman–Crippen MR) is 98.6 cm³/mol. The Balaban J connectivity index is 1.75. The van der Waals surface area contributed by atoms with E-state index in [2.05, 4.69) is 11.4 Å². The number of carbonyl (C=O) groups is 2. The Kier molecular flexibility index (Phi) is 6.58. The van der Waals surface area contributed by atoms with Gasteiger partial charge in [-0.1, -0.05) is 12.1 Å². The Hall–Kier alpha value is -2.59. The molecule has 1 heterocycles. The lowest BCUT2D eigenvalue weighted by molar-refractivity contribution is -0.117. The Morgan fingerprint density at radius 1 is 1.15 bits per heavy atom. The molecule has 1 aliphatic heterocycles. The molecule has 7 heteroatoms. The number of benzene rings is 1. The molecule has 140 valence electrons. The Morgan fingerprint density at radius 3 is 2.31 bits per heavy atom. The van der Waals surface area contributed by atoms with Crippen molar-refractivity contribution < 1.29 is 14.3 Å². The minimum Gasteiger partial charge on any atom is -0.444 e. The van der Waals surface area contributed by atoms with Crippen LogP contribution in [0, 0.1) is 11.3 Å². The second-order valence-electron chi connectivity index (χ2n) is 7.32. The van der Waals surface area contributed by atoms with Crippen LogP contribution < -0.4 is 5.32 Å². The summed E-state index contributed by atoms with van der Waals surface area (Å²) >= 11 is 0. The number of nitrogens with one attached hydrogen (secondary N) is 1. The van der Waals surface area contributed by atoms with E-state index >= 15 is 0 Å². The van der Waals surface area contributed by atoms with Crippen LogP contribution in [0.2, 0.25) is 0 Å². The lowest BCUT2D eigenvalue weighted by Gasteiger charge is -2.35. The number of nitriles is 1. The van der Waals surface area contributed by atoms with Gasteiger partial charge in [-0.3, -0.25) is 9.69 Å². The molecule has 26 heavy (non-hydrogen) atoms. The topological polar surface area (TPSA) is 85.7 Å². The number of hydrogen-bond acceptors (Lipinski definition) is 5. The van der Waals surface area contributed by atoms with E-state index in [1.54, 1.807) is 17.0 Å². The summed E-state index contributed by atoms with van der Waals surface area (Å²) in [5.41, 5.74) is 1.13.